The van der Waals surface area contributed by atoms with Gasteiger partial charge in [0.15, 0.2) is 0 Å². The minimum absolute atomic E-state index is 0.0527. The summed E-state index contributed by atoms with van der Waals surface area (Å²) in [5, 5.41) is 12.1. The Bertz CT molecular complexity index is 880. The molecule has 1 aliphatic heterocycles. The molecule has 1 fully saturated rings. The lowest BCUT2D eigenvalue weighted by Gasteiger charge is -2.26. The number of hydrogen-bond acceptors (Lipinski definition) is 7. The molecule has 164 valence electrons. The predicted molar refractivity (Wildman–Crippen MR) is 110 cm³/mol. The van der Waals surface area contributed by atoms with E-state index in [0.29, 0.717) is 26.1 Å². The molecule has 1 unspecified atom stereocenters. The van der Waals surface area contributed by atoms with Gasteiger partial charge in [-0.2, -0.15) is 0 Å². The highest BCUT2D eigenvalue weighted by molar-refractivity contribution is 5.95. The van der Waals surface area contributed by atoms with Gasteiger partial charge in [-0.1, -0.05) is 30.3 Å². The molecular weight excluding hydrogens is 402 g/mol. The van der Waals surface area contributed by atoms with Crippen LogP contribution in [0.1, 0.15) is 22.5 Å². The van der Waals surface area contributed by atoms with Gasteiger partial charge in [0, 0.05) is 38.6 Å². The summed E-state index contributed by atoms with van der Waals surface area (Å²) in [5.74, 6) is -1.01. The summed E-state index contributed by atoms with van der Waals surface area (Å²) in [6.07, 6.45) is 4.19. The lowest BCUT2D eigenvalue weighted by molar-refractivity contribution is -0.134. The third kappa shape index (κ3) is 6.22. The van der Waals surface area contributed by atoms with Gasteiger partial charge >= 0.3 is 6.09 Å². The Balaban J connectivity index is 1.51. The van der Waals surface area contributed by atoms with Crippen LogP contribution in [0.15, 0.2) is 48.9 Å². The van der Waals surface area contributed by atoms with Gasteiger partial charge in [-0.05, 0) is 12.0 Å². The molecule has 2 heterocycles. The quantitative estimate of drug-likeness (QED) is 0.685. The van der Waals surface area contributed by atoms with Crippen LogP contribution in [0.2, 0.25) is 0 Å². The molecule has 31 heavy (non-hydrogen) atoms. The molecule has 2 aromatic rings. The number of carbonyl (C=O) groups is 3. The maximum atomic E-state index is 12.8. The molecule has 1 saturated heterocycles. The van der Waals surface area contributed by atoms with Gasteiger partial charge in [-0.15, -0.1) is 0 Å². The third-order valence-electron chi connectivity index (χ3n) is 4.85. The van der Waals surface area contributed by atoms with Crippen LogP contribution >= 0.6 is 0 Å². The standard InChI is InChI=1S/C21H25N5O5/c27-14-18(24-19(28)17-13-22-7-8-23-17)20(29)25-9-4-10-26(12-11-25)21(30)31-15-16-5-2-1-3-6-16/h1-3,5-8,13,18,27H,4,9-12,14-15H2,(H,24,28). The van der Waals surface area contributed by atoms with E-state index >= 15 is 0 Å². The highest BCUT2D eigenvalue weighted by atomic mass is 16.6. The number of aliphatic hydroxyl groups is 1. The first-order chi connectivity index (χ1) is 15.1. The first kappa shape index (κ1) is 22.2. The minimum Gasteiger partial charge on any atom is -0.445 e. The van der Waals surface area contributed by atoms with Crippen molar-refractivity contribution in [1.82, 2.24) is 25.1 Å². The number of carbonyl (C=O) groups excluding carboxylic acids is 3. The number of aromatic nitrogens is 2. The maximum absolute atomic E-state index is 12.8. The number of nitrogens with one attached hydrogen (secondary N) is 1. The normalized spacial score (nSPS) is 15.0. The molecular formula is C21H25N5O5. The molecule has 3 amide bonds. The predicted octanol–water partition coefficient (Wildman–Crippen LogP) is 0.438. The van der Waals surface area contributed by atoms with Crippen LogP contribution in [-0.2, 0) is 16.1 Å². The summed E-state index contributed by atoms with van der Waals surface area (Å²) in [7, 11) is 0. The van der Waals surface area contributed by atoms with Crippen molar-refractivity contribution in [2.24, 2.45) is 0 Å². The molecule has 0 saturated carbocycles. The van der Waals surface area contributed by atoms with Crippen molar-refractivity contribution < 1.29 is 24.2 Å². The SMILES string of the molecule is O=C(NC(CO)C(=O)N1CCCN(C(=O)OCc2ccccc2)CC1)c1cnccn1. The zero-order chi connectivity index (χ0) is 22.1. The Hall–Kier alpha value is -3.53. The van der Waals surface area contributed by atoms with Crippen molar-refractivity contribution in [1.29, 1.82) is 0 Å². The average Bonchev–Trinajstić information content (AvgIpc) is 3.08. The number of hydrogen-bond donors (Lipinski definition) is 2. The van der Waals surface area contributed by atoms with Crippen LogP contribution in [0, 0.1) is 0 Å². The van der Waals surface area contributed by atoms with Gasteiger partial charge in [0.1, 0.15) is 18.3 Å². The van der Waals surface area contributed by atoms with Crippen LogP contribution in [0.25, 0.3) is 0 Å². The van der Waals surface area contributed by atoms with Crippen LogP contribution in [-0.4, -0.2) is 81.6 Å². The van der Waals surface area contributed by atoms with E-state index in [4.69, 9.17) is 4.74 Å². The van der Waals surface area contributed by atoms with E-state index in [2.05, 4.69) is 15.3 Å². The molecule has 1 aromatic carbocycles. The lowest BCUT2D eigenvalue weighted by Crippen LogP contribution is -2.51. The Morgan fingerprint density at radius 3 is 2.52 bits per heavy atom. The van der Waals surface area contributed by atoms with Crippen molar-refractivity contribution in [2.75, 3.05) is 32.8 Å². The van der Waals surface area contributed by atoms with E-state index in [1.165, 1.54) is 23.5 Å². The lowest BCUT2D eigenvalue weighted by atomic mass is 10.2. The first-order valence-corrected chi connectivity index (χ1v) is 10.0. The summed E-state index contributed by atoms with van der Waals surface area (Å²) in [4.78, 5) is 48.2. The number of amides is 3. The summed E-state index contributed by atoms with van der Waals surface area (Å²) >= 11 is 0. The summed E-state index contributed by atoms with van der Waals surface area (Å²) in [5.41, 5.74) is 0.948. The molecule has 0 spiro atoms. The van der Waals surface area contributed by atoms with Crippen molar-refractivity contribution in [2.45, 2.75) is 19.1 Å². The largest absolute Gasteiger partial charge is 0.445 e. The van der Waals surface area contributed by atoms with Crippen LogP contribution < -0.4 is 5.32 Å². The fourth-order valence-corrected chi connectivity index (χ4v) is 3.19. The van der Waals surface area contributed by atoms with E-state index in [0.717, 1.165) is 5.56 Å². The Morgan fingerprint density at radius 1 is 1.06 bits per heavy atom. The van der Waals surface area contributed by atoms with Gasteiger partial charge in [0.2, 0.25) is 5.91 Å². The fourth-order valence-electron chi connectivity index (χ4n) is 3.19. The highest BCUT2D eigenvalue weighted by Gasteiger charge is 2.29. The molecule has 1 atom stereocenters. The van der Waals surface area contributed by atoms with E-state index in [1.807, 2.05) is 30.3 Å². The first-order valence-electron chi connectivity index (χ1n) is 10.0. The molecule has 0 aliphatic carbocycles. The van der Waals surface area contributed by atoms with Gasteiger partial charge in [-0.25, -0.2) is 9.78 Å². The number of nitrogens with zero attached hydrogens (tertiary/aromatic N) is 4. The molecule has 0 radical (unpaired) electrons. The van der Waals surface area contributed by atoms with Crippen molar-refractivity contribution in [3.05, 3.63) is 60.2 Å². The molecule has 10 nitrogen and oxygen atoms in total. The Kier molecular flexibility index (Phi) is 7.88. The van der Waals surface area contributed by atoms with E-state index in [9.17, 15) is 19.5 Å². The van der Waals surface area contributed by atoms with Crippen LogP contribution in [0.5, 0.6) is 0 Å². The van der Waals surface area contributed by atoms with Gasteiger partial charge in [0.25, 0.3) is 5.91 Å². The van der Waals surface area contributed by atoms with E-state index < -0.39 is 30.6 Å². The second-order valence-corrected chi connectivity index (χ2v) is 7.01. The van der Waals surface area contributed by atoms with Crippen LogP contribution in [0.3, 0.4) is 0 Å². The molecule has 1 aromatic heterocycles. The number of benzene rings is 1. The molecule has 1 aliphatic rings. The Morgan fingerprint density at radius 2 is 1.81 bits per heavy atom. The summed E-state index contributed by atoms with van der Waals surface area (Å²) in [6, 6.07) is 8.28. The zero-order valence-corrected chi connectivity index (χ0v) is 17.0. The van der Waals surface area contributed by atoms with Crippen molar-refractivity contribution in [3.63, 3.8) is 0 Å². The van der Waals surface area contributed by atoms with E-state index in [1.54, 1.807) is 4.90 Å². The average molecular weight is 427 g/mol. The van der Waals surface area contributed by atoms with Gasteiger partial charge < -0.3 is 25.0 Å². The molecule has 10 heteroatoms. The second kappa shape index (κ2) is 11.0. The molecule has 2 N–H and O–H groups in total. The van der Waals surface area contributed by atoms with Crippen LogP contribution in [0.4, 0.5) is 4.79 Å². The van der Waals surface area contributed by atoms with Gasteiger partial charge in [0.05, 0.1) is 12.8 Å². The number of aliphatic hydroxyl groups excluding tert-OH is 1. The number of ether oxygens (including phenoxy) is 1. The summed E-state index contributed by atoms with van der Waals surface area (Å²) in [6.45, 7) is 1.06. The Labute approximate surface area is 179 Å². The zero-order valence-electron chi connectivity index (χ0n) is 17.0. The maximum Gasteiger partial charge on any atom is 0.410 e. The van der Waals surface area contributed by atoms with Crippen molar-refractivity contribution in [3.8, 4) is 0 Å². The molecule has 3 rings (SSSR count). The second-order valence-electron chi connectivity index (χ2n) is 7.01. The topological polar surface area (TPSA) is 125 Å². The van der Waals surface area contributed by atoms with Gasteiger partial charge in [-0.3, -0.25) is 14.6 Å². The number of rotatable bonds is 6. The fraction of sp³-hybridized carbons (Fsp3) is 0.381. The summed E-state index contributed by atoms with van der Waals surface area (Å²) < 4.78 is 5.36. The van der Waals surface area contributed by atoms with E-state index in [-0.39, 0.29) is 18.8 Å². The third-order valence-corrected chi connectivity index (χ3v) is 4.85. The smallest absolute Gasteiger partial charge is 0.410 e. The van der Waals surface area contributed by atoms with Crippen molar-refractivity contribution >= 4 is 17.9 Å². The highest BCUT2D eigenvalue weighted by Crippen LogP contribution is 2.09. The monoisotopic (exact) mass is 427 g/mol. The minimum atomic E-state index is -1.11. The molecule has 0 bridgehead atoms.